The van der Waals surface area contributed by atoms with Gasteiger partial charge in [-0.15, -0.1) is 0 Å². The third kappa shape index (κ3) is 3.92. The van der Waals surface area contributed by atoms with Crippen molar-refractivity contribution in [3.05, 3.63) is 34.3 Å². The summed E-state index contributed by atoms with van der Waals surface area (Å²) in [4.78, 5) is 10.6. The molecule has 0 radical (unpaired) electrons. The van der Waals surface area contributed by atoms with Crippen LogP contribution in [-0.4, -0.2) is 28.3 Å². The molecule has 0 aromatic heterocycles. The number of nitrogens with one attached hydrogen (secondary N) is 1. The van der Waals surface area contributed by atoms with Crippen LogP contribution in [-0.2, 0) is 11.3 Å². The van der Waals surface area contributed by atoms with Crippen LogP contribution in [0.15, 0.2) is 28.7 Å². The number of carbonyl (C=O) groups is 1. The predicted octanol–water partition coefficient (Wildman–Crippen LogP) is 1.37. The molecular formula is C11H14BrNO3. The lowest BCUT2D eigenvalue weighted by atomic mass is 10.1. The Hall–Kier alpha value is -0.910. The van der Waals surface area contributed by atoms with Crippen LogP contribution >= 0.6 is 15.9 Å². The van der Waals surface area contributed by atoms with E-state index in [9.17, 15) is 9.90 Å². The maximum absolute atomic E-state index is 10.6. The van der Waals surface area contributed by atoms with Gasteiger partial charge in [-0.2, -0.15) is 0 Å². The Labute approximate surface area is 102 Å². The normalized spacial score (nSPS) is 14.4. The zero-order chi connectivity index (χ0) is 12.2. The molecule has 0 aliphatic rings. The topological polar surface area (TPSA) is 69.6 Å². The molecule has 1 atom stereocenters. The van der Waals surface area contributed by atoms with Crippen molar-refractivity contribution in [1.29, 1.82) is 0 Å². The summed E-state index contributed by atoms with van der Waals surface area (Å²) in [6, 6.07) is 7.66. The molecule has 0 amide bonds. The fourth-order valence-electron chi connectivity index (χ4n) is 1.13. The van der Waals surface area contributed by atoms with Gasteiger partial charge in [0, 0.05) is 17.6 Å². The highest BCUT2D eigenvalue weighted by Gasteiger charge is 2.28. The minimum absolute atomic E-state index is 0.0123. The van der Waals surface area contributed by atoms with Crippen LogP contribution in [0, 0.1) is 0 Å². The Kier molecular flexibility index (Phi) is 4.46. The number of carboxylic acid groups (broad SMARTS) is 1. The molecule has 0 aliphatic carbocycles. The van der Waals surface area contributed by atoms with E-state index in [0.717, 1.165) is 10.0 Å². The molecule has 1 unspecified atom stereocenters. The van der Waals surface area contributed by atoms with Crippen LogP contribution in [0.3, 0.4) is 0 Å². The van der Waals surface area contributed by atoms with Gasteiger partial charge in [0.2, 0.25) is 0 Å². The first-order valence-corrected chi connectivity index (χ1v) is 5.62. The lowest BCUT2D eigenvalue weighted by molar-refractivity contribution is -0.156. The first kappa shape index (κ1) is 13.2. The molecule has 0 saturated heterocycles. The molecule has 0 aliphatic heterocycles. The van der Waals surface area contributed by atoms with Crippen LogP contribution in [0.2, 0.25) is 0 Å². The quantitative estimate of drug-likeness (QED) is 0.765. The number of aliphatic hydroxyl groups is 1. The van der Waals surface area contributed by atoms with Gasteiger partial charge in [0.15, 0.2) is 5.60 Å². The smallest absolute Gasteiger partial charge is 0.336 e. The van der Waals surface area contributed by atoms with E-state index >= 15 is 0 Å². The van der Waals surface area contributed by atoms with Crippen molar-refractivity contribution in [2.24, 2.45) is 0 Å². The summed E-state index contributed by atoms with van der Waals surface area (Å²) in [6.45, 7) is 1.80. The highest BCUT2D eigenvalue weighted by Crippen LogP contribution is 2.10. The van der Waals surface area contributed by atoms with Crippen LogP contribution in [0.1, 0.15) is 12.5 Å². The maximum Gasteiger partial charge on any atom is 0.336 e. The second-order valence-electron chi connectivity index (χ2n) is 3.81. The van der Waals surface area contributed by atoms with E-state index in [1.54, 1.807) is 0 Å². The van der Waals surface area contributed by atoms with Crippen LogP contribution in [0.25, 0.3) is 0 Å². The van der Waals surface area contributed by atoms with E-state index in [0.29, 0.717) is 6.54 Å². The summed E-state index contributed by atoms with van der Waals surface area (Å²) in [7, 11) is 0. The average molecular weight is 288 g/mol. The summed E-state index contributed by atoms with van der Waals surface area (Å²) in [5, 5.41) is 21.0. The van der Waals surface area contributed by atoms with Crippen LogP contribution in [0.4, 0.5) is 0 Å². The number of rotatable bonds is 5. The molecule has 0 fully saturated rings. The SMILES string of the molecule is CC(O)(CNCc1ccc(Br)cc1)C(=O)O. The summed E-state index contributed by atoms with van der Waals surface area (Å²) in [6.07, 6.45) is 0. The van der Waals surface area contributed by atoms with Gasteiger partial charge in [0.05, 0.1) is 0 Å². The third-order valence-corrected chi connectivity index (χ3v) is 2.70. The highest BCUT2D eigenvalue weighted by atomic mass is 79.9. The lowest BCUT2D eigenvalue weighted by Gasteiger charge is -2.18. The summed E-state index contributed by atoms with van der Waals surface area (Å²) in [5.74, 6) is -1.23. The molecule has 3 N–H and O–H groups in total. The van der Waals surface area contributed by atoms with Crippen molar-refractivity contribution in [2.45, 2.75) is 19.1 Å². The first-order chi connectivity index (χ1) is 7.42. The van der Waals surface area contributed by atoms with E-state index in [4.69, 9.17) is 5.11 Å². The Bertz CT molecular complexity index is 362. The Morgan fingerprint density at radius 2 is 2.00 bits per heavy atom. The van der Waals surface area contributed by atoms with Gasteiger partial charge in [0.1, 0.15) is 0 Å². The van der Waals surface area contributed by atoms with Gasteiger partial charge in [-0.05, 0) is 24.6 Å². The van der Waals surface area contributed by atoms with Crippen molar-refractivity contribution >= 4 is 21.9 Å². The number of benzene rings is 1. The standard InChI is InChI=1S/C11H14BrNO3/c1-11(16,10(14)15)7-13-6-8-2-4-9(12)5-3-8/h2-5,13,16H,6-7H2,1H3,(H,14,15). The molecule has 88 valence electrons. The monoisotopic (exact) mass is 287 g/mol. The number of aliphatic carboxylic acids is 1. The van der Waals surface area contributed by atoms with E-state index in [1.165, 1.54) is 6.92 Å². The first-order valence-electron chi connectivity index (χ1n) is 4.83. The molecule has 0 saturated carbocycles. The van der Waals surface area contributed by atoms with Gasteiger partial charge in [-0.1, -0.05) is 28.1 Å². The minimum atomic E-state index is -1.73. The molecule has 1 aromatic rings. The molecule has 5 heteroatoms. The molecule has 0 bridgehead atoms. The van der Waals surface area contributed by atoms with Gasteiger partial charge < -0.3 is 15.5 Å². The van der Waals surface area contributed by atoms with Crippen molar-refractivity contribution in [1.82, 2.24) is 5.32 Å². The lowest BCUT2D eigenvalue weighted by Crippen LogP contribution is -2.44. The third-order valence-electron chi connectivity index (χ3n) is 2.17. The van der Waals surface area contributed by atoms with E-state index in [-0.39, 0.29) is 6.54 Å². The van der Waals surface area contributed by atoms with Crippen molar-refractivity contribution in [2.75, 3.05) is 6.54 Å². The molecule has 0 spiro atoms. The second kappa shape index (κ2) is 5.43. The van der Waals surface area contributed by atoms with Crippen molar-refractivity contribution in [3.8, 4) is 0 Å². The fraction of sp³-hybridized carbons (Fsp3) is 0.364. The minimum Gasteiger partial charge on any atom is -0.479 e. The molecule has 1 aromatic carbocycles. The zero-order valence-electron chi connectivity index (χ0n) is 8.90. The van der Waals surface area contributed by atoms with Crippen LogP contribution in [0.5, 0.6) is 0 Å². The fourth-order valence-corrected chi connectivity index (χ4v) is 1.39. The average Bonchev–Trinajstić information content (AvgIpc) is 2.20. The Morgan fingerprint density at radius 3 is 2.50 bits per heavy atom. The van der Waals surface area contributed by atoms with E-state index < -0.39 is 11.6 Å². The summed E-state index contributed by atoms with van der Waals surface area (Å²) in [5.41, 5.74) is -0.695. The molecule has 0 heterocycles. The number of halogens is 1. The van der Waals surface area contributed by atoms with E-state index in [1.807, 2.05) is 24.3 Å². The Morgan fingerprint density at radius 1 is 1.44 bits per heavy atom. The Balaban J connectivity index is 2.41. The molecule has 1 rings (SSSR count). The van der Waals surface area contributed by atoms with E-state index in [2.05, 4.69) is 21.2 Å². The molecular weight excluding hydrogens is 274 g/mol. The number of hydrogen-bond acceptors (Lipinski definition) is 3. The largest absolute Gasteiger partial charge is 0.479 e. The highest BCUT2D eigenvalue weighted by molar-refractivity contribution is 9.10. The second-order valence-corrected chi connectivity index (χ2v) is 4.72. The van der Waals surface area contributed by atoms with Crippen molar-refractivity contribution < 1.29 is 15.0 Å². The zero-order valence-corrected chi connectivity index (χ0v) is 10.5. The van der Waals surface area contributed by atoms with Gasteiger partial charge in [-0.25, -0.2) is 4.79 Å². The molecule has 16 heavy (non-hydrogen) atoms. The van der Waals surface area contributed by atoms with Crippen LogP contribution < -0.4 is 5.32 Å². The van der Waals surface area contributed by atoms with Gasteiger partial charge in [-0.3, -0.25) is 0 Å². The summed E-state index contributed by atoms with van der Waals surface area (Å²) >= 11 is 3.33. The van der Waals surface area contributed by atoms with Gasteiger partial charge in [0.25, 0.3) is 0 Å². The van der Waals surface area contributed by atoms with Crippen molar-refractivity contribution in [3.63, 3.8) is 0 Å². The molecule has 4 nitrogen and oxygen atoms in total. The maximum atomic E-state index is 10.6. The summed E-state index contributed by atoms with van der Waals surface area (Å²) < 4.78 is 0.994. The number of carboxylic acids is 1. The van der Waals surface area contributed by atoms with Gasteiger partial charge >= 0.3 is 5.97 Å². The number of hydrogen-bond donors (Lipinski definition) is 3. The predicted molar refractivity (Wildman–Crippen MR) is 64.1 cm³/mol.